The van der Waals surface area contributed by atoms with Crippen LogP contribution in [0.2, 0.25) is 0 Å². The highest BCUT2D eigenvalue weighted by molar-refractivity contribution is 5.69. The van der Waals surface area contributed by atoms with E-state index < -0.39 is 0 Å². The van der Waals surface area contributed by atoms with Crippen LogP contribution in [0.15, 0.2) is 12.4 Å². The number of ether oxygens (including phenoxy) is 1. The molecule has 0 amide bonds. The van der Waals surface area contributed by atoms with Crippen molar-refractivity contribution in [2.75, 3.05) is 13.2 Å². The van der Waals surface area contributed by atoms with Crippen molar-refractivity contribution in [1.82, 2.24) is 20.3 Å². The number of nitrogens with one attached hydrogen (secondary N) is 1. The molecule has 0 saturated carbocycles. The molecular formula is C10H18N4O2. The zero-order valence-corrected chi connectivity index (χ0v) is 9.72. The van der Waals surface area contributed by atoms with Crippen molar-refractivity contribution in [1.29, 1.82) is 0 Å². The van der Waals surface area contributed by atoms with Gasteiger partial charge in [0.2, 0.25) is 0 Å². The zero-order valence-electron chi connectivity index (χ0n) is 9.72. The second-order valence-corrected chi connectivity index (χ2v) is 3.53. The van der Waals surface area contributed by atoms with Gasteiger partial charge in [0, 0.05) is 18.8 Å². The van der Waals surface area contributed by atoms with Gasteiger partial charge >= 0.3 is 5.97 Å². The Balaban J connectivity index is 2.10. The maximum absolute atomic E-state index is 11.2. The lowest BCUT2D eigenvalue weighted by atomic mass is 10.2. The third-order valence-electron chi connectivity index (χ3n) is 2.08. The predicted molar refractivity (Wildman–Crippen MR) is 58.7 cm³/mol. The maximum Gasteiger partial charge on any atom is 0.307 e. The molecule has 90 valence electrons. The second kappa shape index (κ2) is 6.95. The summed E-state index contributed by atoms with van der Waals surface area (Å²) in [6.45, 7) is 5.70. The Labute approximate surface area is 95.0 Å². The van der Waals surface area contributed by atoms with Gasteiger partial charge in [-0.15, -0.1) is 5.10 Å². The quantitative estimate of drug-likeness (QED) is 0.673. The summed E-state index contributed by atoms with van der Waals surface area (Å²) in [5.74, 6) is -0.164. The van der Waals surface area contributed by atoms with E-state index >= 15 is 0 Å². The summed E-state index contributed by atoms with van der Waals surface area (Å²) in [4.78, 5) is 11.2. The Hall–Kier alpha value is -1.43. The first kappa shape index (κ1) is 12.6. The highest BCUT2D eigenvalue weighted by Crippen LogP contribution is 1.93. The molecule has 1 aromatic heterocycles. The lowest BCUT2D eigenvalue weighted by molar-refractivity contribution is -0.143. The van der Waals surface area contributed by atoms with E-state index in [0.29, 0.717) is 13.0 Å². The van der Waals surface area contributed by atoms with Gasteiger partial charge in [-0.3, -0.25) is 9.48 Å². The van der Waals surface area contributed by atoms with Crippen molar-refractivity contribution >= 4 is 5.97 Å². The van der Waals surface area contributed by atoms with E-state index in [1.165, 1.54) is 0 Å². The standard InChI is InChI=1S/C10H18N4O2/c1-3-16-10(15)8-9(2)11-4-6-14-7-5-12-13-14/h5,7,9,11H,3-4,6,8H2,1-2H3. The molecule has 6 heteroatoms. The average Bonchev–Trinajstić information content (AvgIpc) is 2.70. The van der Waals surface area contributed by atoms with E-state index in [-0.39, 0.29) is 12.0 Å². The lowest BCUT2D eigenvalue weighted by Gasteiger charge is -2.12. The molecule has 1 heterocycles. The van der Waals surface area contributed by atoms with Crippen LogP contribution in [0.4, 0.5) is 0 Å². The van der Waals surface area contributed by atoms with Crippen molar-refractivity contribution in [3.8, 4) is 0 Å². The van der Waals surface area contributed by atoms with E-state index in [0.717, 1.165) is 13.1 Å². The molecule has 1 rings (SSSR count). The van der Waals surface area contributed by atoms with Crippen molar-refractivity contribution in [2.24, 2.45) is 0 Å². The van der Waals surface area contributed by atoms with E-state index in [1.54, 1.807) is 24.0 Å². The van der Waals surface area contributed by atoms with Crippen LogP contribution >= 0.6 is 0 Å². The summed E-state index contributed by atoms with van der Waals surface area (Å²) < 4.78 is 6.60. The first-order valence-corrected chi connectivity index (χ1v) is 5.45. The van der Waals surface area contributed by atoms with Crippen molar-refractivity contribution in [3.63, 3.8) is 0 Å². The third-order valence-corrected chi connectivity index (χ3v) is 2.08. The number of nitrogens with zero attached hydrogens (tertiary/aromatic N) is 3. The van der Waals surface area contributed by atoms with Crippen LogP contribution in [-0.2, 0) is 16.1 Å². The number of carbonyl (C=O) groups excluding carboxylic acids is 1. The fourth-order valence-electron chi connectivity index (χ4n) is 1.32. The minimum Gasteiger partial charge on any atom is -0.466 e. The molecule has 1 aromatic rings. The van der Waals surface area contributed by atoms with Crippen molar-refractivity contribution in [3.05, 3.63) is 12.4 Å². The molecule has 1 unspecified atom stereocenters. The molecule has 0 fully saturated rings. The topological polar surface area (TPSA) is 69.0 Å². The summed E-state index contributed by atoms with van der Waals surface area (Å²) in [6.07, 6.45) is 3.84. The number of rotatable bonds is 7. The monoisotopic (exact) mass is 226 g/mol. The second-order valence-electron chi connectivity index (χ2n) is 3.53. The van der Waals surface area contributed by atoms with Crippen LogP contribution in [0.3, 0.4) is 0 Å². The van der Waals surface area contributed by atoms with Gasteiger partial charge in [0.25, 0.3) is 0 Å². The number of carbonyl (C=O) groups is 1. The first-order chi connectivity index (χ1) is 7.72. The van der Waals surface area contributed by atoms with E-state index in [4.69, 9.17) is 4.74 Å². The Kier molecular flexibility index (Phi) is 5.49. The third kappa shape index (κ3) is 4.88. The SMILES string of the molecule is CCOC(=O)CC(C)NCCn1ccnn1. The number of hydrogen-bond acceptors (Lipinski definition) is 5. The Morgan fingerprint density at radius 1 is 1.62 bits per heavy atom. The molecule has 0 aliphatic heterocycles. The lowest BCUT2D eigenvalue weighted by Crippen LogP contribution is -2.32. The summed E-state index contributed by atoms with van der Waals surface area (Å²) >= 11 is 0. The largest absolute Gasteiger partial charge is 0.466 e. The molecular weight excluding hydrogens is 208 g/mol. The fraction of sp³-hybridized carbons (Fsp3) is 0.700. The van der Waals surface area contributed by atoms with Crippen LogP contribution in [0.1, 0.15) is 20.3 Å². The molecule has 0 saturated heterocycles. The van der Waals surface area contributed by atoms with Crippen LogP contribution in [0.5, 0.6) is 0 Å². The van der Waals surface area contributed by atoms with Crippen LogP contribution in [-0.4, -0.2) is 40.2 Å². The van der Waals surface area contributed by atoms with Crippen LogP contribution in [0, 0.1) is 0 Å². The summed E-state index contributed by atoms with van der Waals surface area (Å²) in [7, 11) is 0. The molecule has 1 N–H and O–H groups in total. The average molecular weight is 226 g/mol. The molecule has 0 bridgehead atoms. The highest BCUT2D eigenvalue weighted by Gasteiger charge is 2.08. The molecule has 1 atom stereocenters. The Morgan fingerprint density at radius 2 is 2.44 bits per heavy atom. The molecule has 6 nitrogen and oxygen atoms in total. The summed E-state index contributed by atoms with van der Waals surface area (Å²) in [6, 6.07) is 0.113. The maximum atomic E-state index is 11.2. The molecule has 0 aliphatic rings. The van der Waals surface area contributed by atoms with E-state index in [9.17, 15) is 4.79 Å². The van der Waals surface area contributed by atoms with Gasteiger partial charge in [-0.2, -0.15) is 0 Å². The Bertz CT molecular complexity index is 300. The molecule has 0 radical (unpaired) electrons. The van der Waals surface area contributed by atoms with E-state index in [2.05, 4.69) is 15.6 Å². The normalized spacial score (nSPS) is 12.4. The molecule has 0 spiro atoms. The van der Waals surface area contributed by atoms with Gasteiger partial charge in [0.15, 0.2) is 0 Å². The molecule has 0 aromatic carbocycles. The molecule has 0 aliphatic carbocycles. The molecule has 16 heavy (non-hydrogen) atoms. The van der Waals surface area contributed by atoms with Crippen molar-refractivity contribution < 1.29 is 9.53 Å². The van der Waals surface area contributed by atoms with Crippen LogP contribution < -0.4 is 5.32 Å². The van der Waals surface area contributed by atoms with Gasteiger partial charge in [-0.05, 0) is 13.8 Å². The van der Waals surface area contributed by atoms with Gasteiger partial charge in [-0.1, -0.05) is 5.21 Å². The van der Waals surface area contributed by atoms with E-state index in [1.807, 2.05) is 6.92 Å². The van der Waals surface area contributed by atoms with Gasteiger partial charge < -0.3 is 10.1 Å². The van der Waals surface area contributed by atoms with Gasteiger partial charge in [0.1, 0.15) is 0 Å². The highest BCUT2D eigenvalue weighted by atomic mass is 16.5. The number of esters is 1. The minimum atomic E-state index is -0.164. The number of hydrogen-bond donors (Lipinski definition) is 1. The number of aromatic nitrogens is 3. The predicted octanol–water partition coefficient (Wildman–Crippen LogP) is 0.209. The first-order valence-electron chi connectivity index (χ1n) is 5.45. The Morgan fingerprint density at radius 3 is 3.06 bits per heavy atom. The summed E-state index contributed by atoms with van der Waals surface area (Å²) in [5.41, 5.74) is 0. The van der Waals surface area contributed by atoms with Gasteiger partial charge in [-0.25, -0.2) is 0 Å². The smallest absolute Gasteiger partial charge is 0.307 e. The minimum absolute atomic E-state index is 0.113. The van der Waals surface area contributed by atoms with Crippen LogP contribution in [0.25, 0.3) is 0 Å². The van der Waals surface area contributed by atoms with Gasteiger partial charge in [0.05, 0.1) is 25.8 Å². The van der Waals surface area contributed by atoms with Crippen molar-refractivity contribution in [2.45, 2.75) is 32.9 Å². The summed E-state index contributed by atoms with van der Waals surface area (Å²) in [5, 5.41) is 10.8. The fourth-order valence-corrected chi connectivity index (χ4v) is 1.32. The zero-order chi connectivity index (χ0) is 11.8.